The van der Waals surface area contributed by atoms with E-state index in [1.807, 2.05) is 42.7 Å². The highest BCUT2D eigenvalue weighted by Gasteiger charge is 2.42. The fraction of sp³-hybridized carbons (Fsp3) is 0.192. The first-order valence-corrected chi connectivity index (χ1v) is 12.0. The van der Waals surface area contributed by atoms with Crippen molar-refractivity contribution in [1.29, 1.82) is 0 Å². The summed E-state index contributed by atoms with van der Waals surface area (Å²) in [6.07, 6.45) is 3.68. The Morgan fingerprint density at radius 2 is 1.70 bits per heavy atom. The molecule has 1 saturated heterocycles. The summed E-state index contributed by atoms with van der Waals surface area (Å²) in [5.41, 5.74) is 6.62. The van der Waals surface area contributed by atoms with Crippen LogP contribution in [0, 0.1) is 20.8 Å². The molecule has 166 valence electrons. The van der Waals surface area contributed by atoms with Crippen LogP contribution < -0.4 is 10.2 Å². The third kappa shape index (κ3) is 3.85. The average Bonchev–Trinajstić information content (AvgIpc) is 3.31. The summed E-state index contributed by atoms with van der Waals surface area (Å²) in [5, 5.41) is 4.24. The summed E-state index contributed by atoms with van der Waals surface area (Å²) in [6, 6.07) is 20.5. The van der Waals surface area contributed by atoms with Crippen LogP contribution in [0.4, 0.5) is 5.69 Å². The maximum atomic E-state index is 5.86. The highest BCUT2D eigenvalue weighted by Crippen LogP contribution is 2.43. The van der Waals surface area contributed by atoms with Gasteiger partial charge in [-0.25, -0.2) is 4.98 Å². The van der Waals surface area contributed by atoms with Gasteiger partial charge in [0.25, 0.3) is 0 Å². The van der Waals surface area contributed by atoms with Gasteiger partial charge in [-0.15, -0.1) is 0 Å². The van der Waals surface area contributed by atoms with E-state index in [0.29, 0.717) is 5.11 Å². The monoisotopic (exact) mass is 517 g/mol. The molecule has 0 bridgehead atoms. The molecule has 1 aliphatic rings. The normalized spacial score (nSPS) is 17.9. The van der Waals surface area contributed by atoms with Crippen molar-refractivity contribution in [3.8, 4) is 5.82 Å². The number of hydrogen-bond acceptors (Lipinski definition) is 3. The van der Waals surface area contributed by atoms with E-state index < -0.39 is 0 Å². The van der Waals surface area contributed by atoms with Gasteiger partial charge < -0.3 is 14.8 Å². The standard InChI is InChI=1S/C26H24BrN5S/c1-16-7-6-14-29-25(16)31-17(2)15-21(18(31)3)24-23(22-8-4-5-13-28-22)30-26(33)32(24)20-11-9-19(27)10-12-20/h4-15,23-24H,1-3H3,(H,30,33)/t23-,24+/m1/s1. The van der Waals surface area contributed by atoms with E-state index in [1.54, 1.807) is 0 Å². The highest BCUT2D eigenvalue weighted by molar-refractivity contribution is 9.10. The lowest BCUT2D eigenvalue weighted by molar-refractivity contribution is 0.565. The van der Waals surface area contributed by atoms with Crippen LogP contribution in [0.15, 0.2) is 77.5 Å². The third-order valence-corrected chi connectivity index (χ3v) is 7.03. The molecule has 1 aromatic carbocycles. The van der Waals surface area contributed by atoms with Crippen LogP contribution in [0.1, 0.15) is 40.3 Å². The van der Waals surface area contributed by atoms with Gasteiger partial charge >= 0.3 is 0 Å². The minimum atomic E-state index is -0.0823. The summed E-state index contributed by atoms with van der Waals surface area (Å²) in [6.45, 7) is 6.39. The number of pyridine rings is 2. The number of halogens is 1. The fourth-order valence-electron chi connectivity index (χ4n) is 4.68. The number of nitrogens with zero attached hydrogens (tertiary/aromatic N) is 4. The van der Waals surface area contributed by atoms with E-state index in [4.69, 9.17) is 12.2 Å². The number of rotatable bonds is 4. The van der Waals surface area contributed by atoms with Crippen molar-refractivity contribution in [3.05, 3.63) is 106 Å². The molecule has 0 radical (unpaired) electrons. The molecule has 5 nitrogen and oxygen atoms in total. The van der Waals surface area contributed by atoms with Crippen LogP contribution in [0.3, 0.4) is 0 Å². The first-order valence-electron chi connectivity index (χ1n) is 10.8. The van der Waals surface area contributed by atoms with Gasteiger partial charge in [-0.1, -0.05) is 28.1 Å². The van der Waals surface area contributed by atoms with Crippen molar-refractivity contribution in [2.24, 2.45) is 0 Å². The molecule has 1 aliphatic heterocycles. The number of benzene rings is 1. The third-order valence-electron chi connectivity index (χ3n) is 6.19. The zero-order valence-corrected chi connectivity index (χ0v) is 21.1. The van der Waals surface area contributed by atoms with Gasteiger partial charge in [0, 0.05) is 33.9 Å². The summed E-state index contributed by atoms with van der Waals surface area (Å²) >= 11 is 9.41. The quantitative estimate of drug-likeness (QED) is 0.329. The Balaban J connectivity index is 1.69. The Kier molecular flexibility index (Phi) is 5.76. The molecule has 4 aromatic rings. The van der Waals surface area contributed by atoms with Crippen LogP contribution >= 0.6 is 28.1 Å². The van der Waals surface area contributed by atoms with Gasteiger partial charge in [0.2, 0.25) is 0 Å². The maximum Gasteiger partial charge on any atom is 0.174 e. The van der Waals surface area contributed by atoms with Gasteiger partial charge in [0.15, 0.2) is 5.11 Å². The lowest BCUT2D eigenvalue weighted by Crippen LogP contribution is -2.29. The smallest absolute Gasteiger partial charge is 0.174 e. The first kappa shape index (κ1) is 21.8. The van der Waals surface area contributed by atoms with Crippen LogP contribution in [0.25, 0.3) is 5.82 Å². The van der Waals surface area contributed by atoms with Crippen molar-refractivity contribution in [2.75, 3.05) is 4.90 Å². The van der Waals surface area contributed by atoms with Crippen molar-refractivity contribution < 1.29 is 0 Å². The molecule has 7 heteroatoms. The minimum absolute atomic E-state index is 0.0578. The molecule has 1 fully saturated rings. The Morgan fingerprint density at radius 1 is 0.939 bits per heavy atom. The summed E-state index contributed by atoms with van der Waals surface area (Å²) in [7, 11) is 0. The molecule has 3 aromatic heterocycles. The largest absolute Gasteiger partial charge is 0.351 e. The predicted octanol–water partition coefficient (Wildman–Crippen LogP) is 6.13. The predicted molar refractivity (Wildman–Crippen MR) is 140 cm³/mol. The topological polar surface area (TPSA) is 46.0 Å². The number of thiocarbonyl (C=S) groups is 1. The number of aryl methyl sites for hydroxylation is 2. The second-order valence-corrected chi connectivity index (χ2v) is 9.58. The van der Waals surface area contributed by atoms with Crippen LogP contribution in [-0.2, 0) is 0 Å². The van der Waals surface area contributed by atoms with Crippen molar-refractivity contribution in [1.82, 2.24) is 19.9 Å². The minimum Gasteiger partial charge on any atom is -0.351 e. The van der Waals surface area contributed by atoms with Crippen molar-refractivity contribution >= 4 is 38.9 Å². The van der Waals surface area contributed by atoms with Crippen LogP contribution in [0.2, 0.25) is 0 Å². The summed E-state index contributed by atoms with van der Waals surface area (Å²) in [4.78, 5) is 11.6. The number of hydrogen-bond donors (Lipinski definition) is 1. The van der Waals surface area contributed by atoms with Crippen molar-refractivity contribution in [2.45, 2.75) is 32.9 Å². The molecule has 0 unspecified atom stereocenters. The maximum absolute atomic E-state index is 5.86. The highest BCUT2D eigenvalue weighted by atomic mass is 79.9. The van der Waals surface area contributed by atoms with Crippen molar-refractivity contribution in [3.63, 3.8) is 0 Å². The Morgan fingerprint density at radius 3 is 2.39 bits per heavy atom. The molecular weight excluding hydrogens is 494 g/mol. The SMILES string of the molecule is Cc1cccnc1-n1c(C)cc([C@H]2[C@@H](c3ccccn3)NC(=S)N2c2ccc(Br)cc2)c1C. The van der Waals surface area contributed by atoms with Crippen LogP contribution in [0.5, 0.6) is 0 Å². The van der Waals surface area contributed by atoms with E-state index in [0.717, 1.165) is 38.6 Å². The molecule has 0 amide bonds. The molecule has 33 heavy (non-hydrogen) atoms. The van der Waals surface area contributed by atoms with Gasteiger partial charge in [0.1, 0.15) is 5.82 Å². The van der Waals surface area contributed by atoms with Gasteiger partial charge in [-0.05, 0) is 92.6 Å². The number of nitrogens with one attached hydrogen (secondary N) is 1. The summed E-state index contributed by atoms with van der Waals surface area (Å²) in [5.74, 6) is 0.955. The average molecular weight is 518 g/mol. The van der Waals surface area contributed by atoms with Gasteiger partial charge in [-0.3, -0.25) is 4.98 Å². The lowest BCUT2D eigenvalue weighted by atomic mass is 9.96. The molecule has 0 aliphatic carbocycles. The van der Waals surface area contributed by atoms with Gasteiger partial charge in [0.05, 0.1) is 17.8 Å². The Hall–Kier alpha value is -3.03. The molecule has 0 saturated carbocycles. The van der Waals surface area contributed by atoms with E-state index in [-0.39, 0.29) is 12.1 Å². The zero-order chi connectivity index (χ0) is 23.1. The molecule has 5 rings (SSSR count). The molecule has 4 heterocycles. The van der Waals surface area contributed by atoms with E-state index in [2.05, 4.69) is 91.8 Å². The Bertz CT molecular complexity index is 1320. The second kappa shape index (κ2) is 8.72. The summed E-state index contributed by atoms with van der Waals surface area (Å²) < 4.78 is 3.27. The Labute approximate surface area is 207 Å². The fourth-order valence-corrected chi connectivity index (χ4v) is 5.29. The van der Waals surface area contributed by atoms with Crippen LogP contribution in [-0.4, -0.2) is 19.6 Å². The van der Waals surface area contributed by atoms with E-state index in [1.165, 1.54) is 5.56 Å². The second-order valence-electron chi connectivity index (χ2n) is 8.28. The van der Waals surface area contributed by atoms with E-state index >= 15 is 0 Å². The zero-order valence-electron chi connectivity index (χ0n) is 18.7. The molecule has 0 spiro atoms. The van der Waals surface area contributed by atoms with Gasteiger partial charge in [-0.2, -0.15) is 0 Å². The number of aromatic nitrogens is 3. The molecule has 2 atom stereocenters. The first-order chi connectivity index (χ1) is 16.0. The molecular formula is C26H24BrN5S. The lowest BCUT2D eigenvalue weighted by Gasteiger charge is -2.28. The van der Waals surface area contributed by atoms with E-state index in [9.17, 15) is 0 Å². The molecule has 1 N–H and O–H groups in total. The number of anilines is 1.